The van der Waals surface area contributed by atoms with Crippen LogP contribution in [0, 0.1) is 0 Å². The molecule has 0 spiro atoms. The van der Waals surface area contributed by atoms with Crippen LogP contribution in [0.25, 0.3) is 10.8 Å². The van der Waals surface area contributed by atoms with E-state index >= 15 is 0 Å². The zero-order valence-corrected chi connectivity index (χ0v) is 12.0. The number of sulfonamides is 1. The molecule has 0 fully saturated rings. The summed E-state index contributed by atoms with van der Waals surface area (Å²) in [6.45, 7) is 0. The molecule has 3 N–H and O–H groups in total. The molecule has 0 saturated carbocycles. The van der Waals surface area contributed by atoms with Crippen LogP contribution in [0.1, 0.15) is 0 Å². The minimum Gasteiger partial charge on any atom is -0.398 e. The third kappa shape index (κ3) is 2.55. The topological polar surface area (TPSA) is 72.2 Å². The molecule has 0 aliphatic carbocycles. The van der Waals surface area contributed by atoms with Gasteiger partial charge in [0.15, 0.2) is 0 Å². The molecule has 3 aromatic carbocycles. The van der Waals surface area contributed by atoms with Crippen LogP contribution in [0.15, 0.2) is 71.6 Å². The summed E-state index contributed by atoms with van der Waals surface area (Å²) >= 11 is 0. The standard InChI is InChI=1S/C16H14N2O2S/c17-15-10-4-9-14-13(15)8-5-11-16(14)18-21(19,20)12-6-2-1-3-7-12/h1-11,18H,17H2. The number of hydrogen-bond donors (Lipinski definition) is 2. The molecular weight excluding hydrogens is 284 g/mol. The summed E-state index contributed by atoms with van der Waals surface area (Å²) in [5, 5.41) is 1.60. The Balaban J connectivity index is 2.09. The Bertz CT molecular complexity index is 891. The summed E-state index contributed by atoms with van der Waals surface area (Å²) in [5.41, 5.74) is 7.06. The van der Waals surface area contributed by atoms with Gasteiger partial charge in [0.2, 0.25) is 0 Å². The van der Waals surface area contributed by atoms with Gasteiger partial charge >= 0.3 is 0 Å². The van der Waals surface area contributed by atoms with Crippen molar-refractivity contribution >= 4 is 32.2 Å². The summed E-state index contributed by atoms with van der Waals surface area (Å²) < 4.78 is 27.4. The van der Waals surface area contributed by atoms with Crippen molar-refractivity contribution in [2.75, 3.05) is 10.5 Å². The Kier molecular flexibility index (Phi) is 3.27. The molecule has 0 radical (unpaired) electrons. The lowest BCUT2D eigenvalue weighted by Gasteiger charge is -2.11. The van der Waals surface area contributed by atoms with E-state index in [4.69, 9.17) is 5.73 Å². The number of anilines is 2. The van der Waals surface area contributed by atoms with Gasteiger partial charge in [-0.2, -0.15) is 0 Å². The van der Waals surface area contributed by atoms with E-state index in [2.05, 4.69) is 4.72 Å². The monoisotopic (exact) mass is 298 g/mol. The first-order valence-electron chi connectivity index (χ1n) is 6.43. The van der Waals surface area contributed by atoms with Crippen molar-refractivity contribution in [3.63, 3.8) is 0 Å². The van der Waals surface area contributed by atoms with Crippen LogP contribution in [-0.4, -0.2) is 8.42 Å². The van der Waals surface area contributed by atoms with Crippen LogP contribution in [0.2, 0.25) is 0 Å². The minimum absolute atomic E-state index is 0.228. The second-order valence-electron chi connectivity index (χ2n) is 4.67. The molecule has 21 heavy (non-hydrogen) atoms. The highest BCUT2D eigenvalue weighted by molar-refractivity contribution is 7.92. The smallest absolute Gasteiger partial charge is 0.261 e. The summed E-state index contributed by atoms with van der Waals surface area (Å²) in [6, 6.07) is 19.1. The molecule has 5 heteroatoms. The highest BCUT2D eigenvalue weighted by atomic mass is 32.2. The molecule has 0 unspecified atom stereocenters. The minimum atomic E-state index is -3.61. The maximum atomic E-state index is 12.4. The molecule has 0 aliphatic rings. The number of fused-ring (bicyclic) bond motifs is 1. The maximum Gasteiger partial charge on any atom is 0.261 e. The zero-order chi connectivity index (χ0) is 14.9. The van der Waals surface area contributed by atoms with Crippen molar-refractivity contribution in [1.82, 2.24) is 0 Å². The van der Waals surface area contributed by atoms with Crippen LogP contribution in [0.4, 0.5) is 11.4 Å². The molecule has 0 aromatic heterocycles. The Morgan fingerprint density at radius 1 is 0.762 bits per heavy atom. The summed E-state index contributed by atoms with van der Waals surface area (Å²) in [7, 11) is -3.61. The average Bonchev–Trinajstić information content (AvgIpc) is 2.49. The third-order valence-corrected chi connectivity index (χ3v) is 4.64. The van der Waals surface area contributed by atoms with Gasteiger partial charge in [0.25, 0.3) is 10.0 Å². The lowest BCUT2D eigenvalue weighted by atomic mass is 10.1. The van der Waals surface area contributed by atoms with Gasteiger partial charge in [-0.15, -0.1) is 0 Å². The van der Waals surface area contributed by atoms with E-state index in [1.807, 2.05) is 12.1 Å². The number of hydrogen-bond acceptors (Lipinski definition) is 3. The Morgan fingerprint density at radius 3 is 2.19 bits per heavy atom. The van der Waals surface area contributed by atoms with Crippen LogP contribution < -0.4 is 10.5 Å². The van der Waals surface area contributed by atoms with E-state index in [0.717, 1.165) is 10.8 Å². The van der Waals surface area contributed by atoms with Gasteiger partial charge in [-0.3, -0.25) is 4.72 Å². The highest BCUT2D eigenvalue weighted by Crippen LogP contribution is 2.29. The predicted octanol–water partition coefficient (Wildman–Crippen LogP) is 3.22. The highest BCUT2D eigenvalue weighted by Gasteiger charge is 2.15. The Hall–Kier alpha value is -2.53. The van der Waals surface area contributed by atoms with Crippen molar-refractivity contribution in [1.29, 1.82) is 0 Å². The fourth-order valence-corrected chi connectivity index (χ4v) is 3.33. The fourth-order valence-electron chi connectivity index (χ4n) is 2.23. The number of nitrogen functional groups attached to an aromatic ring is 1. The maximum absolute atomic E-state index is 12.4. The van der Waals surface area contributed by atoms with Crippen LogP contribution in [0.3, 0.4) is 0 Å². The molecule has 3 aromatic rings. The summed E-state index contributed by atoms with van der Waals surface area (Å²) in [5.74, 6) is 0. The molecular formula is C16H14N2O2S. The van der Waals surface area contributed by atoms with Crippen molar-refractivity contribution in [3.05, 3.63) is 66.7 Å². The van der Waals surface area contributed by atoms with E-state index < -0.39 is 10.0 Å². The molecule has 0 heterocycles. The molecule has 3 rings (SSSR count). The summed E-state index contributed by atoms with van der Waals surface area (Å²) in [4.78, 5) is 0.228. The van der Waals surface area contributed by atoms with E-state index in [9.17, 15) is 8.42 Å². The molecule has 4 nitrogen and oxygen atoms in total. The van der Waals surface area contributed by atoms with Gasteiger partial charge in [0.1, 0.15) is 0 Å². The van der Waals surface area contributed by atoms with Gasteiger partial charge < -0.3 is 5.73 Å². The number of nitrogens with one attached hydrogen (secondary N) is 1. The second-order valence-corrected chi connectivity index (χ2v) is 6.35. The zero-order valence-electron chi connectivity index (χ0n) is 11.2. The average molecular weight is 298 g/mol. The fraction of sp³-hybridized carbons (Fsp3) is 0. The van der Waals surface area contributed by atoms with Crippen molar-refractivity contribution in [2.24, 2.45) is 0 Å². The first-order valence-corrected chi connectivity index (χ1v) is 7.91. The van der Waals surface area contributed by atoms with Crippen LogP contribution >= 0.6 is 0 Å². The number of rotatable bonds is 3. The van der Waals surface area contributed by atoms with Crippen molar-refractivity contribution < 1.29 is 8.42 Å². The first kappa shape index (κ1) is 13.5. The van der Waals surface area contributed by atoms with E-state index in [-0.39, 0.29) is 4.90 Å². The van der Waals surface area contributed by atoms with E-state index in [1.54, 1.807) is 54.6 Å². The lowest BCUT2D eigenvalue weighted by molar-refractivity contribution is 0.601. The van der Waals surface area contributed by atoms with Gasteiger partial charge in [0.05, 0.1) is 10.6 Å². The summed E-state index contributed by atoms with van der Waals surface area (Å²) in [6.07, 6.45) is 0. The largest absolute Gasteiger partial charge is 0.398 e. The SMILES string of the molecule is Nc1cccc2c(NS(=O)(=O)c3ccccc3)cccc12. The molecule has 0 bridgehead atoms. The Morgan fingerprint density at radius 2 is 1.43 bits per heavy atom. The predicted molar refractivity (Wildman–Crippen MR) is 85.6 cm³/mol. The molecule has 0 atom stereocenters. The first-order chi connectivity index (χ1) is 10.1. The molecule has 0 aliphatic heterocycles. The van der Waals surface area contributed by atoms with Gasteiger partial charge in [0, 0.05) is 16.5 Å². The van der Waals surface area contributed by atoms with Gasteiger partial charge in [-0.25, -0.2) is 8.42 Å². The van der Waals surface area contributed by atoms with Gasteiger partial charge in [-0.1, -0.05) is 42.5 Å². The molecule has 0 amide bonds. The lowest BCUT2D eigenvalue weighted by Crippen LogP contribution is -2.13. The van der Waals surface area contributed by atoms with Crippen LogP contribution in [0.5, 0.6) is 0 Å². The normalized spacial score (nSPS) is 11.4. The molecule has 106 valence electrons. The van der Waals surface area contributed by atoms with Crippen molar-refractivity contribution in [3.8, 4) is 0 Å². The van der Waals surface area contributed by atoms with Crippen LogP contribution in [-0.2, 0) is 10.0 Å². The van der Waals surface area contributed by atoms with Crippen molar-refractivity contribution in [2.45, 2.75) is 4.90 Å². The quantitative estimate of drug-likeness (QED) is 0.729. The van der Waals surface area contributed by atoms with E-state index in [1.165, 1.54) is 0 Å². The molecule has 0 saturated heterocycles. The van der Waals surface area contributed by atoms with E-state index in [0.29, 0.717) is 11.4 Å². The Labute approximate surface area is 123 Å². The number of nitrogens with two attached hydrogens (primary N) is 1. The second kappa shape index (κ2) is 5.10. The van der Waals surface area contributed by atoms with Gasteiger partial charge in [-0.05, 0) is 24.3 Å². The third-order valence-electron chi connectivity index (χ3n) is 3.25. The number of benzene rings is 3.